The van der Waals surface area contributed by atoms with Crippen LogP contribution in [-0.4, -0.2) is 195 Å². The average molecular weight is 762 g/mol. The van der Waals surface area contributed by atoms with Crippen LogP contribution >= 0.6 is 0 Å². The molecule has 0 atom stereocenters. The van der Waals surface area contributed by atoms with Gasteiger partial charge >= 0.3 is 0 Å². The maximum absolute atomic E-state index is 12.3. The number of rotatable bonds is 40. The van der Waals surface area contributed by atoms with E-state index in [1.165, 1.54) is 4.90 Å². The third-order valence-electron chi connectivity index (χ3n) is 7.11. The molecular formula is C37H63NO15. The van der Waals surface area contributed by atoms with Crippen molar-refractivity contribution in [2.75, 3.05) is 172 Å². The number of imide groups is 1. The first-order valence-electron chi connectivity index (χ1n) is 18.6. The molecule has 2 rings (SSSR count). The molecule has 0 saturated carbocycles. The summed E-state index contributed by atoms with van der Waals surface area (Å²) in [6, 6.07) is 6.82. The Morgan fingerprint density at radius 1 is 0.377 bits per heavy atom. The lowest BCUT2D eigenvalue weighted by atomic mass is 10.1. The van der Waals surface area contributed by atoms with Crippen LogP contribution in [-0.2, 0) is 61.6 Å². The highest BCUT2D eigenvalue weighted by Crippen LogP contribution is 2.21. The minimum absolute atomic E-state index is 0.212. The van der Waals surface area contributed by atoms with Gasteiger partial charge in [0.2, 0.25) is 0 Å². The largest absolute Gasteiger partial charge is 0.377 e. The SMILES string of the molecule is CC(C)OCCOCCOCCOCCOCCOCCOCCOCCOCCOCCOCCOCCOCCN1C(=O)c2ccccc2C1=O. The molecule has 0 N–H and O–H groups in total. The second-order valence-electron chi connectivity index (χ2n) is 11.6. The van der Waals surface area contributed by atoms with E-state index in [1.807, 2.05) is 13.8 Å². The molecule has 1 aromatic rings. The number of carbonyl (C=O) groups is 2. The summed E-state index contributed by atoms with van der Waals surface area (Å²) < 4.78 is 71.1. The Labute approximate surface area is 314 Å². The van der Waals surface area contributed by atoms with Crippen LogP contribution < -0.4 is 0 Å². The zero-order chi connectivity index (χ0) is 37.9. The van der Waals surface area contributed by atoms with Crippen LogP contribution in [0.4, 0.5) is 0 Å². The van der Waals surface area contributed by atoms with E-state index in [9.17, 15) is 9.59 Å². The maximum atomic E-state index is 12.3. The lowest BCUT2D eigenvalue weighted by molar-refractivity contribution is -0.0298. The van der Waals surface area contributed by atoms with Crippen LogP contribution in [0.1, 0.15) is 34.6 Å². The highest BCUT2D eigenvalue weighted by atomic mass is 16.6. The second kappa shape index (κ2) is 34.3. The standard InChI is InChI=1S/C37H63NO15/c1-33(2)53-32-31-52-30-29-51-28-27-50-26-25-49-24-23-48-22-21-47-20-19-46-18-17-45-16-15-44-14-13-43-12-11-42-10-9-41-8-7-38-36(39)34-5-3-4-6-35(34)37(38)40/h3-6,33H,7-32H2,1-2H3. The number of carbonyl (C=O) groups excluding carboxylic acids is 2. The van der Waals surface area contributed by atoms with Crippen molar-refractivity contribution in [3.8, 4) is 0 Å². The first-order chi connectivity index (χ1) is 26.1. The summed E-state index contributed by atoms with van der Waals surface area (Å²) in [6.07, 6.45) is 0.224. The molecule has 0 aromatic heterocycles. The molecule has 0 fully saturated rings. The van der Waals surface area contributed by atoms with Crippen LogP contribution in [0.5, 0.6) is 0 Å². The predicted molar refractivity (Wildman–Crippen MR) is 193 cm³/mol. The third-order valence-corrected chi connectivity index (χ3v) is 7.11. The van der Waals surface area contributed by atoms with Crippen molar-refractivity contribution < 1.29 is 71.2 Å². The summed E-state index contributed by atoms with van der Waals surface area (Å²) >= 11 is 0. The number of ether oxygens (including phenoxy) is 13. The summed E-state index contributed by atoms with van der Waals surface area (Å²) in [7, 11) is 0. The van der Waals surface area contributed by atoms with Gasteiger partial charge in [0.05, 0.1) is 189 Å². The number of hydrogen-bond acceptors (Lipinski definition) is 15. The van der Waals surface area contributed by atoms with E-state index in [1.54, 1.807) is 24.3 Å². The average Bonchev–Trinajstić information content (AvgIpc) is 3.40. The van der Waals surface area contributed by atoms with Gasteiger partial charge in [0.1, 0.15) is 0 Å². The quantitative estimate of drug-likeness (QED) is 0.0705. The second-order valence-corrected chi connectivity index (χ2v) is 11.6. The van der Waals surface area contributed by atoms with E-state index in [2.05, 4.69) is 0 Å². The predicted octanol–water partition coefficient (Wildman–Crippen LogP) is 1.91. The molecule has 53 heavy (non-hydrogen) atoms. The van der Waals surface area contributed by atoms with Crippen molar-refractivity contribution in [2.45, 2.75) is 20.0 Å². The lowest BCUT2D eigenvalue weighted by Crippen LogP contribution is -2.33. The Balaban J connectivity index is 1.15. The smallest absolute Gasteiger partial charge is 0.261 e. The third kappa shape index (κ3) is 25.5. The zero-order valence-corrected chi connectivity index (χ0v) is 31.8. The van der Waals surface area contributed by atoms with Gasteiger partial charge in [0.25, 0.3) is 11.8 Å². The van der Waals surface area contributed by atoms with Gasteiger partial charge in [-0.2, -0.15) is 0 Å². The highest BCUT2D eigenvalue weighted by molar-refractivity contribution is 6.21. The molecule has 1 heterocycles. The van der Waals surface area contributed by atoms with Gasteiger partial charge in [-0.15, -0.1) is 0 Å². The van der Waals surface area contributed by atoms with Crippen molar-refractivity contribution in [2.24, 2.45) is 0 Å². The van der Waals surface area contributed by atoms with E-state index in [0.717, 1.165) is 0 Å². The van der Waals surface area contributed by atoms with Crippen molar-refractivity contribution in [1.82, 2.24) is 4.90 Å². The molecule has 306 valence electrons. The van der Waals surface area contributed by atoms with E-state index >= 15 is 0 Å². The van der Waals surface area contributed by atoms with Gasteiger partial charge < -0.3 is 61.6 Å². The number of benzene rings is 1. The van der Waals surface area contributed by atoms with E-state index in [-0.39, 0.29) is 31.1 Å². The van der Waals surface area contributed by atoms with Gasteiger partial charge in [-0.3, -0.25) is 14.5 Å². The molecule has 0 unspecified atom stereocenters. The molecule has 16 nitrogen and oxygen atoms in total. The fourth-order valence-corrected chi connectivity index (χ4v) is 4.46. The summed E-state index contributed by atoms with van der Waals surface area (Å²) in [5, 5.41) is 0. The van der Waals surface area contributed by atoms with Gasteiger partial charge in [0, 0.05) is 0 Å². The molecule has 1 aliphatic rings. The summed E-state index contributed by atoms with van der Waals surface area (Å²) in [5.74, 6) is -0.558. The van der Waals surface area contributed by atoms with Gasteiger partial charge in [-0.25, -0.2) is 0 Å². The van der Waals surface area contributed by atoms with Crippen LogP contribution in [0, 0.1) is 0 Å². The van der Waals surface area contributed by atoms with Crippen LogP contribution in [0.15, 0.2) is 24.3 Å². The van der Waals surface area contributed by atoms with Crippen LogP contribution in [0.2, 0.25) is 0 Å². The number of amides is 2. The fourth-order valence-electron chi connectivity index (χ4n) is 4.46. The Hall–Kier alpha value is -2.16. The van der Waals surface area contributed by atoms with Crippen molar-refractivity contribution in [1.29, 1.82) is 0 Å². The van der Waals surface area contributed by atoms with Crippen LogP contribution in [0.25, 0.3) is 0 Å². The molecule has 1 aliphatic heterocycles. The molecule has 0 aliphatic carbocycles. The molecule has 2 amide bonds. The normalized spacial score (nSPS) is 12.8. The number of fused-ring (bicyclic) bond motifs is 1. The molecule has 1 aromatic carbocycles. The van der Waals surface area contributed by atoms with Crippen molar-refractivity contribution in [3.63, 3.8) is 0 Å². The Kier molecular flexibility index (Phi) is 30.4. The van der Waals surface area contributed by atoms with Crippen molar-refractivity contribution >= 4 is 11.8 Å². The van der Waals surface area contributed by atoms with Gasteiger partial charge in [-0.05, 0) is 26.0 Å². The lowest BCUT2D eigenvalue weighted by Gasteiger charge is -2.13. The fraction of sp³-hybridized carbons (Fsp3) is 0.784. The molecule has 0 bridgehead atoms. The number of nitrogens with zero attached hydrogens (tertiary/aromatic N) is 1. The molecular weight excluding hydrogens is 698 g/mol. The molecule has 0 saturated heterocycles. The molecule has 16 heteroatoms. The highest BCUT2D eigenvalue weighted by Gasteiger charge is 2.34. The maximum Gasteiger partial charge on any atom is 0.261 e. The Morgan fingerprint density at radius 2 is 0.604 bits per heavy atom. The van der Waals surface area contributed by atoms with E-state index in [0.29, 0.717) is 170 Å². The van der Waals surface area contributed by atoms with E-state index < -0.39 is 0 Å². The topological polar surface area (TPSA) is 157 Å². The minimum atomic E-state index is -0.279. The van der Waals surface area contributed by atoms with E-state index in [4.69, 9.17) is 61.6 Å². The molecule has 0 spiro atoms. The Bertz CT molecular complexity index is 983. The Morgan fingerprint density at radius 3 is 0.849 bits per heavy atom. The van der Waals surface area contributed by atoms with Gasteiger partial charge in [-0.1, -0.05) is 12.1 Å². The summed E-state index contributed by atoms with van der Waals surface area (Å²) in [5.41, 5.74) is 0.881. The monoisotopic (exact) mass is 761 g/mol. The van der Waals surface area contributed by atoms with Crippen molar-refractivity contribution in [3.05, 3.63) is 35.4 Å². The van der Waals surface area contributed by atoms with Crippen LogP contribution in [0.3, 0.4) is 0 Å². The molecule has 0 radical (unpaired) electrons. The zero-order valence-electron chi connectivity index (χ0n) is 31.8. The van der Waals surface area contributed by atoms with Gasteiger partial charge in [0.15, 0.2) is 0 Å². The summed E-state index contributed by atoms with van der Waals surface area (Å²) in [6.45, 7) is 16.2. The first-order valence-corrected chi connectivity index (χ1v) is 18.6. The minimum Gasteiger partial charge on any atom is -0.377 e. The number of hydrogen-bond donors (Lipinski definition) is 0. The summed E-state index contributed by atoms with van der Waals surface area (Å²) in [4.78, 5) is 25.8. The first kappa shape index (κ1) is 47.0.